The molecule has 0 aliphatic carbocycles. The Kier molecular flexibility index (Phi) is 4.84. The number of hydrogen-bond donors (Lipinski definition) is 1. The lowest BCUT2D eigenvalue weighted by Crippen LogP contribution is -2.27. The second kappa shape index (κ2) is 6.42. The topological polar surface area (TPSA) is 29.1 Å². The molecule has 0 aromatic heterocycles. The van der Waals surface area contributed by atoms with Gasteiger partial charge in [0.25, 0.3) is 5.91 Å². The molecule has 2 aromatic carbocycles. The molecule has 1 atom stereocenters. The van der Waals surface area contributed by atoms with E-state index in [0.717, 1.165) is 15.6 Å². The molecule has 1 N–H and O–H groups in total. The molecule has 1 amide bonds. The molecule has 0 aliphatic heterocycles. The van der Waals surface area contributed by atoms with Crippen LogP contribution in [0.3, 0.4) is 0 Å². The van der Waals surface area contributed by atoms with Crippen LogP contribution in [0.25, 0.3) is 0 Å². The molecule has 2 aromatic rings. The van der Waals surface area contributed by atoms with Gasteiger partial charge in [0.1, 0.15) is 0 Å². The number of benzene rings is 2. The van der Waals surface area contributed by atoms with E-state index >= 15 is 0 Å². The van der Waals surface area contributed by atoms with Crippen molar-refractivity contribution in [2.24, 2.45) is 0 Å². The smallest absolute Gasteiger partial charge is 0.252 e. The van der Waals surface area contributed by atoms with Crippen molar-refractivity contribution in [2.45, 2.75) is 19.9 Å². The molecule has 20 heavy (non-hydrogen) atoms. The maximum atomic E-state index is 12.3. The molecule has 0 radical (unpaired) electrons. The van der Waals surface area contributed by atoms with Gasteiger partial charge >= 0.3 is 0 Å². The number of rotatable bonds is 3. The van der Waals surface area contributed by atoms with Gasteiger partial charge in [-0.2, -0.15) is 0 Å². The Labute approximate surface area is 132 Å². The number of hydrogen-bond acceptors (Lipinski definition) is 1. The number of amides is 1. The lowest BCUT2D eigenvalue weighted by Gasteiger charge is -2.16. The first-order chi connectivity index (χ1) is 9.49. The van der Waals surface area contributed by atoms with Gasteiger partial charge in [0.2, 0.25) is 0 Å². The molecule has 2 rings (SSSR count). The first kappa shape index (κ1) is 15.1. The van der Waals surface area contributed by atoms with E-state index in [0.29, 0.717) is 10.6 Å². The van der Waals surface area contributed by atoms with Crippen LogP contribution in [0.2, 0.25) is 5.02 Å². The van der Waals surface area contributed by atoms with Gasteiger partial charge in [-0.3, -0.25) is 4.79 Å². The zero-order valence-corrected chi connectivity index (χ0v) is 13.6. The molecule has 0 heterocycles. The van der Waals surface area contributed by atoms with Crippen LogP contribution in [0.15, 0.2) is 46.9 Å². The molecule has 4 heteroatoms. The zero-order chi connectivity index (χ0) is 14.7. The standard InChI is InChI=1S/C16H15BrClNO/c1-10-14(7-4-8-15(10)17)16(20)19-11(2)12-5-3-6-13(18)9-12/h3-9,11H,1-2H3,(H,19,20). The molecule has 104 valence electrons. The van der Waals surface area contributed by atoms with E-state index in [2.05, 4.69) is 21.2 Å². The van der Waals surface area contributed by atoms with Gasteiger partial charge in [-0.05, 0) is 49.2 Å². The summed E-state index contributed by atoms with van der Waals surface area (Å²) in [6.45, 7) is 3.86. The molecule has 0 saturated heterocycles. The SMILES string of the molecule is Cc1c(Br)cccc1C(=O)NC(C)c1cccc(Cl)c1. The van der Waals surface area contributed by atoms with E-state index < -0.39 is 0 Å². The van der Waals surface area contributed by atoms with Crippen molar-refractivity contribution in [2.75, 3.05) is 0 Å². The van der Waals surface area contributed by atoms with Gasteiger partial charge in [-0.15, -0.1) is 0 Å². The van der Waals surface area contributed by atoms with Crippen LogP contribution < -0.4 is 5.32 Å². The van der Waals surface area contributed by atoms with E-state index in [1.165, 1.54) is 0 Å². The first-order valence-corrected chi connectivity index (χ1v) is 7.47. The van der Waals surface area contributed by atoms with E-state index in [9.17, 15) is 4.79 Å². The van der Waals surface area contributed by atoms with Crippen molar-refractivity contribution in [3.8, 4) is 0 Å². The Morgan fingerprint density at radius 2 is 1.95 bits per heavy atom. The summed E-state index contributed by atoms with van der Waals surface area (Å²) < 4.78 is 0.931. The predicted octanol–water partition coefficient (Wildman–Crippen LogP) is 4.90. The zero-order valence-electron chi connectivity index (χ0n) is 11.3. The fourth-order valence-corrected chi connectivity index (χ4v) is 2.55. The summed E-state index contributed by atoms with van der Waals surface area (Å²) in [7, 11) is 0. The minimum absolute atomic E-state index is 0.0868. The summed E-state index contributed by atoms with van der Waals surface area (Å²) >= 11 is 9.41. The predicted molar refractivity (Wildman–Crippen MR) is 86.2 cm³/mol. The molecular weight excluding hydrogens is 338 g/mol. The van der Waals surface area contributed by atoms with E-state index in [4.69, 9.17) is 11.6 Å². The van der Waals surface area contributed by atoms with Crippen LogP contribution in [0.5, 0.6) is 0 Å². The average molecular weight is 353 g/mol. The van der Waals surface area contributed by atoms with Crippen molar-refractivity contribution in [3.05, 3.63) is 68.7 Å². The number of nitrogens with one attached hydrogen (secondary N) is 1. The average Bonchev–Trinajstić information content (AvgIpc) is 2.41. The van der Waals surface area contributed by atoms with Crippen molar-refractivity contribution < 1.29 is 4.79 Å². The Morgan fingerprint density at radius 3 is 2.65 bits per heavy atom. The lowest BCUT2D eigenvalue weighted by molar-refractivity contribution is 0.0939. The van der Waals surface area contributed by atoms with Gasteiger partial charge in [0.15, 0.2) is 0 Å². The minimum atomic E-state index is -0.0976. The van der Waals surface area contributed by atoms with Gasteiger partial charge < -0.3 is 5.32 Å². The van der Waals surface area contributed by atoms with Crippen LogP contribution in [0, 0.1) is 6.92 Å². The van der Waals surface area contributed by atoms with Crippen LogP contribution >= 0.6 is 27.5 Å². The second-order valence-electron chi connectivity index (χ2n) is 4.66. The molecule has 0 spiro atoms. The van der Waals surface area contributed by atoms with E-state index in [1.807, 2.05) is 56.3 Å². The van der Waals surface area contributed by atoms with Gasteiger partial charge in [0.05, 0.1) is 6.04 Å². The molecule has 0 saturated carbocycles. The van der Waals surface area contributed by atoms with Crippen molar-refractivity contribution in [3.63, 3.8) is 0 Å². The molecule has 1 unspecified atom stereocenters. The fourth-order valence-electron chi connectivity index (χ4n) is 1.99. The summed E-state index contributed by atoms with van der Waals surface area (Å²) in [6.07, 6.45) is 0. The number of halogens is 2. The third-order valence-corrected chi connectivity index (χ3v) is 4.30. The Morgan fingerprint density at radius 1 is 1.25 bits per heavy atom. The lowest BCUT2D eigenvalue weighted by atomic mass is 10.1. The molecule has 2 nitrogen and oxygen atoms in total. The highest BCUT2D eigenvalue weighted by Gasteiger charge is 2.14. The first-order valence-electron chi connectivity index (χ1n) is 6.30. The van der Waals surface area contributed by atoms with E-state index in [1.54, 1.807) is 0 Å². The van der Waals surface area contributed by atoms with Crippen LogP contribution in [-0.2, 0) is 0 Å². The molecule has 0 bridgehead atoms. The summed E-state index contributed by atoms with van der Waals surface area (Å²) in [4.78, 5) is 12.3. The monoisotopic (exact) mass is 351 g/mol. The largest absolute Gasteiger partial charge is 0.346 e. The highest BCUT2D eigenvalue weighted by Crippen LogP contribution is 2.21. The van der Waals surface area contributed by atoms with Crippen LogP contribution in [-0.4, -0.2) is 5.91 Å². The number of carbonyl (C=O) groups excluding carboxylic acids is 1. The van der Waals surface area contributed by atoms with Gasteiger partial charge in [0, 0.05) is 15.1 Å². The highest BCUT2D eigenvalue weighted by atomic mass is 79.9. The Balaban J connectivity index is 2.17. The second-order valence-corrected chi connectivity index (χ2v) is 5.95. The van der Waals surface area contributed by atoms with Crippen molar-refractivity contribution >= 4 is 33.4 Å². The molecule has 0 fully saturated rings. The molecule has 0 aliphatic rings. The maximum absolute atomic E-state index is 12.3. The van der Waals surface area contributed by atoms with E-state index in [-0.39, 0.29) is 11.9 Å². The number of carbonyl (C=O) groups is 1. The minimum Gasteiger partial charge on any atom is -0.346 e. The van der Waals surface area contributed by atoms with Gasteiger partial charge in [-0.1, -0.05) is 45.7 Å². The van der Waals surface area contributed by atoms with Gasteiger partial charge in [-0.25, -0.2) is 0 Å². The normalized spacial score (nSPS) is 12.0. The highest BCUT2D eigenvalue weighted by molar-refractivity contribution is 9.10. The fraction of sp³-hybridized carbons (Fsp3) is 0.188. The quantitative estimate of drug-likeness (QED) is 0.836. The Hall–Kier alpha value is -1.32. The van der Waals surface area contributed by atoms with Crippen molar-refractivity contribution in [1.29, 1.82) is 0 Å². The summed E-state index contributed by atoms with van der Waals surface area (Å²) in [5.41, 5.74) is 2.59. The maximum Gasteiger partial charge on any atom is 0.252 e. The van der Waals surface area contributed by atoms with Crippen LogP contribution in [0.4, 0.5) is 0 Å². The molecular formula is C16H15BrClNO. The third kappa shape index (κ3) is 3.41. The summed E-state index contributed by atoms with van der Waals surface area (Å²) in [6, 6.07) is 13.0. The third-order valence-electron chi connectivity index (χ3n) is 3.21. The Bertz CT molecular complexity index is 642. The summed E-state index contributed by atoms with van der Waals surface area (Å²) in [5, 5.41) is 3.66. The van der Waals surface area contributed by atoms with Crippen molar-refractivity contribution in [1.82, 2.24) is 5.32 Å². The summed E-state index contributed by atoms with van der Waals surface area (Å²) in [5.74, 6) is -0.0868. The van der Waals surface area contributed by atoms with Crippen LogP contribution in [0.1, 0.15) is 34.5 Å².